The topological polar surface area (TPSA) is 46.2 Å². The molecule has 0 aliphatic heterocycles. The summed E-state index contributed by atoms with van der Waals surface area (Å²) in [6.45, 7) is 3.95. The van der Waals surface area contributed by atoms with Crippen LogP contribution in [-0.2, 0) is 15.8 Å². The van der Waals surface area contributed by atoms with E-state index in [9.17, 15) is 8.42 Å². The van der Waals surface area contributed by atoms with Crippen LogP contribution >= 0.6 is 0 Å². The highest BCUT2D eigenvalue weighted by molar-refractivity contribution is 7.88. The van der Waals surface area contributed by atoms with Crippen molar-refractivity contribution in [3.63, 3.8) is 0 Å². The molecule has 0 aromatic heterocycles. The van der Waals surface area contributed by atoms with Gasteiger partial charge in [0.2, 0.25) is 10.0 Å². The van der Waals surface area contributed by atoms with Gasteiger partial charge in [0.1, 0.15) is 0 Å². The van der Waals surface area contributed by atoms with E-state index in [1.165, 1.54) is 0 Å². The molecule has 3 aromatic rings. The zero-order chi connectivity index (χ0) is 18.6. The molecule has 1 atom stereocenters. The molecule has 0 aliphatic rings. The summed E-state index contributed by atoms with van der Waals surface area (Å²) in [5, 5.41) is 0. The molecule has 0 saturated carbocycles. The Morgan fingerprint density at radius 2 is 1.35 bits per heavy atom. The lowest BCUT2D eigenvalue weighted by molar-refractivity contribution is 0.571. The largest absolute Gasteiger partial charge is 0.216 e. The second-order valence-corrected chi connectivity index (χ2v) is 8.31. The number of hydrogen-bond acceptors (Lipinski definition) is 2. The van der Waals surface area contributed by atoms with Crippen molar-refractivity contribution in [1.82, 2.24) is 4.72 Å². The lowest BCUT2D eigenvalue weighted by Crippen LogP contribution is -2.30. The smallest absolute Gasteiger partial charge is 0.212 e. The fraction of sp³-hybridized carbons (Fsp3) is 0.182. The highest BCUT2D eigenvalue weighted by Crippen LogP contribution is 2.24. The van der Waals surface area contributed by atoms with E-state index < -0.39 is 16.1 Å². The quantitative estimate of drug-likeness (QED) is 0.698. The summed E-state index contributed by atoms with van der Waals surface area (Å²) in [5.41, 5.74) is 4.78. The van der Waals surface area contributed by atoms with E-state index in [2.05, 4.69) is 4.72 Å². The van der Waals surface area contributed by atoms with E-state index in [0.717, 1.165) is 27.8 Å². The normalized spacial score (nSPS) is 12.7. The molecule has 0 heterocycles. The lowest BCUT2D eigenvalue weighted by Gasteiger charge is -2.20. The third-order valence-electron chi connectivity index (χ3n) is 4.45. The van der Waals surface area contributed by atoms with Gasteiger partial charge in [0.15, 0.2) is 0 Å². The molecular weight excluding hydrogens is 342 g/mol. The van der Waals surface area contributed by atoms with Gasteiger partial charge in [-0.2, -0.15) is 0 Å². The fourth-order valence-electron chi connectivity index (χ4n) is 2.93. The van der Waals surface area contributed by atoms with Gasteiger partial charge in [0.25, 0.3) is 0 Å². The highest BCUT2D eigenvalue weighted by atomic mass is 32.2. The predicted octanol–water partition coefficient (Wildman–Crippen LogP) is 4.51. The van der Waals surface area contributed by atoms with Gasteiger partial charge in [-0.05, 0) is 36.1 Å². The van der Waals surface area contributed by atoms with Crippen LogP contribution in [0.5, 0.6) is 0 Å². The number of hydrogen-bond donors (Lipinski definition) is 1. The van der Waals surface area contributed by atoms with Crippen LogP contribution in [0.2, 0.25) is 0 Å². The van der Waals surface area contributed by atoms with Gasteiger partial charge in [-0.15, -0.1) is 0 Å². The van der Waals surface area contributed by atoms with Crippen molar-refractivity contribution in [3.8, 4) is 0 Å². The van der Waals surface area contributed by atoms with Crippen molar-refractivity contribution in [2.45, 2.75) is 25.6 Å². The Bertz CT molecular complexity index is 965. The number of sulfonamides is 1. The Morgan fingerprint density at radius 1 is 0.769 bits per heavy atom. The second kappa shape index (κ2) is 7.85. The molecule has 0 spiro atoms. The summed E-state index contributed by atoms with van der Waals surface area (Å²) in [5.74, 6) is -0.0329. The van der Waals surface area contributed by atoms with E-state index in [1.54, 1.807) is 0 Å². The molecule has 0 amide bonds. The first-order valence-electron chi connectivity index (χ1n) is 8.61. The number of benzene rings is 3. The first-order valence-corrected chi connectivity index (χ1v) is 10.3. The molecule has 3 nitrogen and oxygen atoms in total. The summed E-state index contributed by atoms with van der Waals surface area (Å²) in [7, 11) is -3.51. The molecule has 0 unspecified atom stereocenters. The molecule has 26 heavy (non-hydrogen) atoms. The van der Waals surface area contributed by atoms with Crippen molar-refractivity contribution >= 4 is 10.0 Å². The van der Waals surface area contributed by atoms with Crippen molar-refractivity contribution in [2.75, 3.05) is 0 Å². The molecular formula is C22H23NO2S. The number of rotatable bonds is 6. The Labute approximate surface area is 155 Å². The standard InChI is InChI=1S/C22H23NO2S/c1-17-12-14-20(15-13-17)22(19-9-4-3-5-10-19)23-26(24,25)16-21-11-7-6-8-18(21)2/h3-15,22-23H,16H2,1-2H3/t22-/m0/s1. The van der Waals surface area contributed by atoms with Crippen molar-refractivity contribution in [2.24, 2.45) is 0 Å². The van der Waals surface area contributed by atoms with Gasteiger partial charge < -0.3 is 0 Å². The van der Waals surface area contributed by atoms with E-state index in [-0.39, 0.29) is 5.75 Å². The molecule has 0 bridgehead atoms. The molecule has 1 N–H and O–H groups in total. The minimum absolute atomic E-state index is 0.0329. The van der Waals surface area contributed by atoms with Crippen LogP contribution in [-0.4, -0.2) is 8.42 Å². The van der Waals surface area contributed by atoms with Gasteiger partial charge in [-0.25, -0.2) is 13.1 Å². The zero-order valence-corrected chi connectivity index (χ0v) is 15.8. The van der Waals surface area contributed by atoms with Crippen LogP contribution in [0.25, 0.3) is 0 Å². The van der Waals surface area contributed by atoms with Crippen LogP contribution in [0.3, 0.4) is 0 Å². The Kier molecular flexibility index (Phi) is 5.55. The average Bonchev–Trinajstić information content (AvgIpc) is 2.63. The summed E-state index contributed by atoms with van der Waals surface area (Å²) >= 11 is 0. The minimum Gasteiger partial charge on any atom is -0.212 e. The van der Waals surface area contributed by atoms with E-state index in [1.807, 2.05) is 92.7 Å². The summed E-state index contributed by atoms with van der Waals surface area (Å²) in [4.78, 5) is 0. The maximum atomic E-state index is 12.9. The van der Waals surface area contributed by atoms with Crippen molar-refractivity contribution in [1.29, 1.82) is 0 Å². The summed E-state index contributed by atoms with van der Waals surface area (Å²) < 4.78 is 28.6. The SMILES string of the molecule is Cc1ccc([C@@H](NS(=O)(=O)Cc2ccccc2C)c2ccccc2)cc1. The van der Waals surface area contributed by atoms with Crippen molar-refractivity contribution in [3.05, 3.63) is 107 Å². The molecule has 0 radical (unpaired) electrons. The van der Waals surface area contributed by atoms with Crippen LogP contribution < -0.4 is 4.72 Å². The van der Waals surface area contributed by atoms with Gasteiger partial charge in [0.05, 0.1) is 11.8 Å². The van der Waals surface area contributed by atoms with Crippen molar-refractivity contribution < 1.29 is 8.42 Å². The molecule has 3 aromatic carbocycles. The predicted molar refractivity (Wildman–Crippen MR) is 106 cm³/mol. The van der Waals surface area contributed by atoms with E-state index >= 15 is 0 Å². The highest BCUT2D eigenvalue weighted by Gasteiger charge is 2.22. The Balaban J connectivity index is 1.92. The molecule has 0 saturated heterocycles. The van der Waals surface area contributed by atoms with Gasteiger partial charge in [-0.3, -0.25) is 0 Å². The van der Waals surface area contributed by atoms with Crippen LogP contribution in [0, 0.1) is 13.8 Å². The third kappa shape index (κ3) is 4.59. The lowest BCUT2D eigenvalue weighted by atomic mass is 9.99. The average molecular weight is 365 g/mol. The maximum absolute atomic E-state index is 12.9. The van der Waals surface area contributed by atoms with Gasteiger partial charge in [0, 0.05) is 0 Å². The third-order valence-corrected chi connectivity index (χ3v) is 5.73. The Morgan fingerprint density at radius 3 is 2.00 bits per heavy atom. The first-order chi connectivity index (χ1) is 12.4. The molecule has 134 valence electrons. The number of aryl methyl sites for hydroxylation is 2. The van der Waals surface area contributed by atoms with Gasteiger partial charge in [-0.1, -0.05) is 84.4 Å². The van der Waals surface area contributed by atoms with Crippen LogP contribution in [0.4, 0.5) is 0 Å². The molecule has 3 rings (SSSR count). The van der Waals surface area contributed by atoms with Crippen LogP contribution in [0.15, 0.2) is 78.9 Å². The summed E-state index contributed by atoms with van der Waals surface area (Å²) in [6.07, 6.45) is 0. The zero-order valence-electron chi connectivity index (χ0n) is 15.0. The van der Waals surface area contributed by atoms with E-state index in [4.69, 9.17) is 0 Å². The fourth-order valence-corrected chi connectivity index (χ4v) is 4.38. The van der Waals surface area contributed by atoms with Crippen LogP contribution in [0.1, 0.15) is 33.9 Å². The second-order valence-electron chi connectivity index (χ2n) is 6.56. The van der Waals surface area contributed by atoms with E-state index in [0.29, 0.717) is 0 Å². The maximum Gasteiger partial charge on any atom is 0.216 e. The van der Waals surface area contributed by atoms with Gasteiger partial charge >= 0.3 is 0 Å². The summed E-state index contributed by atoms with van der Waals surface area (Å²) in [6, 6.07) is 24.8. The molecule has 0 aliphatic carbocycles. The first kappa shape index (κ1) is 18.4. The minimum atomic E-state index is -3.51. The molecule has 4 heteroatoms. The Hall–Kier alpha value is -2.43. The number of nitrogens with one attached hydrogen (secondary N) is 1. The monoisotopic (exact) mass is 365 g/mol. The molecule has 0 fully saturated rings.